The number of rotatable bonds is 3. The molecule has 0 aromatic carbocycles. The maximum absolute atomic E-state index is 5.28. The molecule has 11 radical (unpaired) electrons. The highest BCUT2D eigenvalue weighted by Crippen LogP contribution is 2.11. The lowest BCUT2D eigenvalue weighted by atomic mass is 8.64. The molecule has 3 nitrogen and oxygen atoms in total. The second kappa shape index (κ2) is 8.95. The molecule has 0 amide bonds. The molecule has 1 aromatic heterocycles. The molecule has 75 valence electrons. The number of anilines is 1. The molecule has 0 atom stereocenters. The summed E-state index contributed by atoms with van der Waals surface area (Å²) >= 11 is 3.25. The Balaban J connectivity index is 0.000000321. The quantitative estimate of drug-likeness (QED) is 0.636. The van der Waals surface area contributed by atoms with Crippen molar-refractivity contribution in [2.45, 2.75) is 6.92 Å². The van der Waals surface area contributed by atoms with Crippen LogP contribution in [0.2, 0.25) is 0 Å². The lowest BCUT2D eigenvalue weighted by molar-refractivity contribution is 1.10. The molecule has 18 heavy (non-hydrogen) atoms. The van der Waals surface area contributed by atoms with Crippen molar-refractivity contribution >= 4 is 86.8 Å². The first-order valence-corrected chi connectivity index (χ1v) is 5.91. The number of aromatic nitrogens is 2. The Labute approximate surface area is 126 Å². The first-order chi connectivity index (χ1) is 8.29. The van der Waals surface area contributed by atoms with E-state index in [1.165, 1.54) is 7.06 Å². The van der Waals surface area contributed by atoms with Crippen LogP contribution in [-0.4, -0.2) is 74.9 Å². The second-order valence-electron chi connectivity index (χ2n) is 3.59. The van der Waals surface area contributed by atoms with Crippen LogP contribution in [0.3, 0.4) is 0 Å². The first kappa shape index (κ1) is 17.9. The summed E-state index contributed by atoms with van der Waals surface area (Å²) in [5, 5.41) is 0. The Morgan fingerprint density at radius 2 is 1.78 bits per heavy atom. The molecule has 0 fully saturated rings. The van der Waals surface area contributed by atoms with Crippen LogP contribution in [-0.2, 0) is 0 Å². The van der Waals surface area contributed by atoms with Gasteiger partial charge in [0.15, 0.2) is 0 Å². The van der Waals surface area contributed by atoms with Gasteiger partial charge in [0.1, 0.15) is 0 Å². The predicted octanol–water partition coefficient (Wildman–Crippen LogP) is -2.30. The minimum absolute atomic E-state index is 0.315. The van der Waals surface area contributed by atoms with Crippen molar-refractivity contribution in [3.8, 4) is 0 Å². The lowest BCUT2D eigenvalue weighted by Gasteiger charge is -2.17. The van der Waals surface area contributed by atoms with Crippen LogP contribution in [0.4, 0.5) is 5.95 Å². The maximum atomic E-state index is 5.28. The molecule has 0 aliphatic rings. The third kappa shape index (κ3) is 6.76. The van der Waals surface area contributed by atoms with E-state index in [1.54, 1.807) is 6.20 Å². The second-order valence-corrected chi connectivity index (χ2v) is 4.44. The zero-order valence-electron chi connectivity index (χ0n) is 10.1. The fraction of sp³-hybridized carbons (Fsp3) is 0.200. The molecule has 2 N–H and O–H groups in total. The molecule has 0 aliphatic heterocycles. The van der Waals surface area contributed by atoms with Gasteiger partial charge in [-0.25, -0.2) is 9.97 Å². The average molecular weight is 285 g/mol. The normalized spacial score (nSPS) is 8.78. The zero-order valence-corrected chi connectivity index (χ0v) is 11.7. The third-order valence-corrected chi connectivity index (χ3v) is 2.83. The molecule has 13 heteroatoms. The van der Waals surface area contributed by atoms with Crippen LogP contribution in [0.5, 0.6) is 0 Å². The molecule has 0 unspecified atom stereocenters. The van der Waals surface area contributed by atoms with Crippen LogP contribution >= 0.6 is 15.9 Å². The van der Waals surface area contributed by atoms with Crippen molar-refractivity contribution < 1.29 is 0 Å². The van der Waals surface area contributed by atoms with E-state index in [0.717, 1.165) is 10.2 Å². The predicted molar refractivity (Wildman–Crippen MR) is 90.7 cm³/mol. The first-order valence-electron chi connectivity index (χ1n) is 5.11. The van der Waals surface area contributed by atoms with Crippen LogP contribution in [0.25, 0.3) is 0 Å². The Bertz CT molecular complexity index is 356. The van der Waals surface area contributed by atoms with Crippen LogP contribution in [0.1, 0.15) is 5.69 Å². The summed E-state index contributed by atoms with van der Waals surface area (Å²) in [6.45, 7) is 1.86. The topological polar surface area (TPSA) is 51.8 Å². The van der Waals surface area contributed by atoms with E-state index in [9.17, 15) is 0 Å². The van der Waals surface area contributed by atoms with Crippen molar-refractivity contribution in [1.29, 1.82) is 0 Å². The summed E-state index contributed by atoms with van der Waals surface area (Å²) in [5.74, 6) is 0.315. The summed E-state index contributed by atoms with van der Waals surface area (Å²) in [7, 11) is 27.5. The van der Waals surface area contributed by atoms with E-state index in [0.29, 0.717) is 5.95 Å². The number of nitrogens with two attached hydrogens (primary N) is 1. The standard InChI is InChI=1S/C5H6BrN3.B9/c1-3-4(6)2-8-5(7)9-3;1-6-9(7(2)3)8(4)5/h2H,1H3,(H2,7,8,9);. The molecule has 0 spiro atoms. The zero-order chi connectivity index (χ0) is 14.3. The highest BCUT2D eigenvalue weighted by Gasteiger charge is 2.18. The third-order valence-electron chi connectivity index (χ3n) is 2.05. The highest BCUT2D eigenvalue weighted by atomic mass is 79.9. The number of hydrogen-bond acceptors (Lipinski definition) is 3. The molecule has 1 rings (SSSR count). The summed E-state index contributed by atoms with van der Waals surface area (Å²) in [6.07, 6.45) is 0.174. The van der Waals surface area contributed by atoms with Gasteiger partial charge in [-0.2, -0.15) is 0 Å². The van der Waals surface area contributed by atoms with Gasteiger partial charge in [-0.3, -0.25) is 0 Å². The summed E-state index contributed by atoms with van der Waals surface area (Å²) in [6, 6.07) is 0. The Morgan fingerprint density at radius 1 is 1.28 bits per heavy atom. The largest absolute Gasteiger partial charge is 0.368 e. The highest BCUT2D eigenvalue weighted by molar-refractivity contribution is 9.10. The summed E-state index contributed by atoms with van der Waals surface area (Å²) in [5.41, 5.74) is 6.15. The van der Waals surface area contributed by atoms with Gasteiger partial charge in [-0.05, 0) is 22.9 Å². The fourth-order valence-corrected chi connectivity index (χ4v) is 1.17. The maximum Gasteiger partial charge on any atom is 0.220 e. The van der Waals surface area contributed by atoms with Crippen molar-refractivity contribution in [2.24, 2.45) is 0 Å². The molecular formula is C5H6B9BrN3. The van der Waals surface area contributed by atoms with Crippen LogP contribution in [0, 0.1) is 6.92 Å². The van der Waals surface area contributed by atoms with Crippen molar-refractivity contribution in [3.63, 3.8) is 0 Å². The van der Waals surface area contributed by atoms with Gasteiger partial charge >= 0.3 is 0 Å². The number of halogens is 1. The molecule has 0 bridgehead atoms. The Kier molecular flexibility index (Phi) is 8.92. The van der Waals surface area contributed by atoms with Gasteiger partial charge in [0.25, 0.3) is 0 Å². The fourth-order valence-electron chi connectivity index (χ4n) is 0.984. The molecular weight excluding hydrogens is 279 g/mol. The van der Waals surface area contributed by atoms with E-state index in [4.69, 9.17) is 44.4 Å². The van der Waals surface area contributed by atoms with Gasteiger partial charge in [0, 0.05) is 71.1 Å². The summed E-state index contributed by atoms with van der Waals surface area (Å²) in [4.78, 5) is 7.65. The number of nitrogens with zero attached hydrogens (tertiary/aromatic N) is 2. The number of hydrogen-bond donors (Lipinski definition) is 1. The Morgan fingerprint density at radius 3 is 2.00 bits per heavy atom. The van der Waals surface area contributed by atoms with Crippen molar-refractivity contribution in [3.05, 3.63) is 16.4 Å². The van der Waals surface area contributed by atoms with Gasteiger partial charge < -0.3 is 5.73 Å². The van der Waals surface area contributed by atoms with Crippen LogP contribution in [0.15, 0.2) is 10.7 Å². The monoisotopic (exact) mass is 286 g/mol. The lowest BCUT2D eigenvalue weighted by Crippen LogP contribution is -2.55. The Hall–Kier alpha value is -0.0556. The number of nitrogen functional groups attached to an aromatic ring is 1. The van der Waals surface area contributed by atoms with E-state index >= 15 is 0 Å². The molecule has 0 saturated heterocycles. The van der Waals surface area contributed by atoms with Gasteiger partial charge in [0.2, 0.25) is 5.95 Å². The van der Waals surface area contributed by atoms with Gasteiger partial charge in [-0.1, -0.05) is 0 Å². The molecule has 0 saturated carbocycles. The molecule has 1 heterocycles. The van der Waals surface area contributed by atoms with Crippen molar-refractivity contribution in [1.82, 2.24) is 9.97 Å². The molecule has 1 aromatic rings. The van der Waals surface area contributed by atoms with E-state index in [-0.39, 0.29) is 6.39 Å². The van der Waals surface area contributed by atoms with Crippen LogP contribution < -0.4 is 5.73 Å². The average Bonchev–Trinajstić information content (AvgIpc) is 2.24. The van der Waals surface area contributed by atoms with Gasteiger partial charge in [0.05, 0.1) is 10.2 Å². The number of aryl methyl sites for hydroxylation is 1. The van der Waals surface area contributed by atoms with E-state index in [1.807, 2.05) is 6.92 Å². The SMILES string of the molecule is Cc1nc(N)ncc1Br.[B][B]B(B([B])[B])B([B])[B]. The van der Waals surface area contributed by atoms with E-state index in [2.05, 4.69) is 25.9 Å². The summed E-state index contributed by atoms with van der Waals surface area (Å²) < 4.78 is 0.886. The smallest absolute Gasteiger partial charge is 0.220 e. The molecule has 0 aliphatic carbocycles. The van der Waals surface area contributed by atoms with Gasteiger partial charge in [-0.15, -0.1) is 0 Å². The minimum atomic E-state index is -0.574. The van der Waals surface area contributed by atoms with Crippen molar-refractivity contribution in [2.75, 3.05) is 5.73 Å². The van der Waals surface area contributed by atoms with E-state index < -0.39 is 12.8 Å². The minimum Gasteiger partial charge on any atom is -0.368 e.